The zero-order valence-corrected chi connectivity index (χ0v) is 16.2. The number of hydrogen-bond acceptors (Lipinski definition) is 4. The minimum Gasteiger partial charge on any atom is -0.369 e. The van der Waals surface area contributed by atoms with Gasteiger partial charge < -0.3 is 26.3 Å². The Morgan fingerprint density at radius 3 is 2.60 bits per heavy atom. The Morgan fingerprint density at radius 1 is 1.10 bits per heavy atom. The molecule has 0 atom stereocenters. The molecule has 0 aliphatic carbocycles. The van der Waals surface area contributed by atoms with Gasteiger partial charge in [-0.15, -0.1) is 5.10 Å². The molecule has 0 unspecified atom stereocenters. The lowest BCUT2D eigenvalue weighted by Gasteiger charge is -2.06. The Morgan fingerprint density at radius 2 is 1.90 bits per heavy atom. The molecule has 0 bridgehead atoms. The minimum atomic E-state index is -0.228. The van der Waals surface area contributed by atoms with Crippen LogP contribution < -0.4 is 16.8 Å². The van der Waals surface area contributed by atoms with Gasteiger partial charge >= 0.3 is 0 Å². The standard InChI is InChI=1S/C21H20N8O/c1-13(27-28-21(22)23)14-2-7-18-15(10-14)11-19(26-18)20(30)25-16-3-5-17(6-4-16)29-9-8-24-12-29/h2-12,26H,1H3,(H,25,30)(H4,22,23,28)/b27-13+. The van der Waals surface area contributed by atoms with Gasteiger partial charge in [0.2, 0.25) is 5.96 Å². The van der Waals surface area contributed by atoms with Gasteiger partial charge in [-0.1, -0.05) is 6.07 Å². The molecule has 0 aliphatic rings. The van der Waals surface area contributed by atoms with E-state index in [0.29, 0.717) is 17.1 Å². The summed E-state index contributed by atoms with van der Waals surface area (Å²) in [6, 6.07) is 15.0. The number of carbonyl (C=O) groups is 1. The fraction of sp³-hybridized carbons (Fsp3) is 0.0476. The van der Waals surface area contributed by atoms with Gasteiger partial charge in [0.25, 0.3) is 5.91 Å². The van der Waals surface area contributed by atoms with Gasteiger partial charge in [-0.25, -0.2) is 4.98 Å². The van der Waals surface area contributed by atoms with Crippen molar-refractivity contribution < 1.29 is 4.79 Å². The van der Waals surface area contributed by atoms with E-state index in [2.05, 4.69) is 25.5 Å². The topological polar surface area (TPSA) is 139 Å². The first-order valence-corrected chi connectivity index (χ1v) is 9.16. The molecular formula is C21H20N8O. The number of amides is 1. The molecule has 1 amide bonds. The summed E-state index contributed by atoms with van der Waals surface area (Å²) < 4.78 is 1.89. The maximum Gasteiger partial charge on any atom is 0.272 e. The summed E-state index contributed by atoms with van der Waals surface area (Å²) in [4.78, 5) is 19.8. The second-order valence-electron chi connectivity index (χ2n) is 6.67. The third kappa shape index (κ3) is 4.04. The maximum absolute atomic E-state index is 12.7. The number of guanidine groups is 1. The Balaban J connectivity index is 1.52. The molecule has 4 rings (SSSR count). The van der Waals surface area contributed by atoms with Crippen molar-refractivity contribution >= 4 is 34.2 Å². The zero-order chi connectivity index (χ0) is 21.1. The predicted octanol–water partition coefficient (Wildman–Crippen LogP) is 2.60. The summed E-state index contributed by atoms with van der Waals surface area (Å²) in [6.45, 7) is 1.81. The molecule has 0 radical (unpaired) electrons. The van der Waals surface area contributed by atoms with Gasteiger partial charge in [0.05, 0.1) is 12.0 Å². The number of nitrogens with two attached hydrogens (primary N) is 2. The largest absolute Gasteiger partial charge is 0.369 e. The fourth-order valence-electron chi connectivity index (χ4n) is 3.00. The van der Waals surface area contributed by atoms with E-state index < -0.39 is 0 Å². The molecule has 0 spiro atoms. The maximum atomic E-state index is 12.7. The predicted molar refractivity (Wildman–Crippen MR) is 118 cm³/mol. The number of carbonyl (C=O) groups excluding carboxylic acids is 1. The molecule has 9 heteroatoms. The summed E-state index contributed by atoms with van der Waals surface area (Å²) in [5.41, 5.74) is 15.1. The van der Waals surface area contributed by atoms with Crippen LogP contribution in [-0.2, 0) is 0 Å². The molecule has 2 aromatic carbocycles. The van der Waals surface area contributed by atoms with Crippen LogP contribution in [0.1, 0.15) is 23.0 Å². The second-order valence-corrected chi connectivity index (χ2v) is 6.67. The van der Waals surface area contributed by atoms with E-state index >= 15 is 0 Å². The molecule has 2 heterocycles. The molecule has 30 heavy (non-hydrogen) atoms. The van der Waals surface area contributed by atoms with Gasteiger partial charge in [0.15, 0.2) is 0 Å². The first-order chi connectivity index (χ1) is 14.5. The van der Waals surface area contributed by atoms with Gasteiger partial charge in [0, 0.05) is 34.7 Å². The number of rotatable bonds is 5. The van der Waals surface area contributed by atoms with Gasteiger partial charge in [-0.05, 0) is 55.0 Å². The van der Waals surface area contributed by atoms with Crippen molar-refractivity contribution in [3.8, 4) is 5.69 Å². The van der Waals surface area contributed by atoms with E-state index in [1.54, 1.807) is 25.5 Å². The van der Waals surface area contributed by atoms with Gasteiger partial charge in [0.1, 0.15) is 5.69 Å². The van der Waals surface area contributed by atoms with Crippen LogP contribution in [0.5, 0.6) is 0 Å². The van der Waals surface area contributed by atoms with Crippen molar-refractivity contribution in [1.29, 1.82) is 0 Å². The van der Waals surface area contributed by atoms with E-state index in [-0.39, 0.29) is 11.9 Å². The number of H-pyrrole nitrogens is 1. The highest BCUT2D eigenvalue weighted by Gasteiger charge is 2.11. The third-order valence-corrected chi connectivity index (χ3v) is 4.53. The summed E-state index contributed by atoms with van der Waals surface area (Å²) in [5.74, 6) is -0.330. The number of hydrogen-bond donors (Lipinski definition) is 4. The summed E-state index contributed by atoms with van der Waals surface area (Å²) in [5, 5.41) is 11.4. The molecule has 4 aromatic rings. The molecule has 150 valence electrons. The third-order valence-electron chi connectivity index (χ3n) is 4.53. The average molecular weight is 400 g/mol. The summed E-state index contributed by atoms with van der Waals surface area (Å²) in [7, 11) is 0. The number of benzene rings is 2. The Bertz CT molecular complexity index is 1250. The SMILES string of the molecule is C/C(=N\N=C(N)N)c1ccc2[nH]c(C(=O)Nc3ccc(-n4ccnc4)cc3)cc2c1. The van der Waals surface area contributed by atoms with E-state index in [1.165, 1.54) is 0 Å². The molecule has 0 saturated carbocycles. The average Bonchev–Trinajstić information content (AvgIpc) is 3.42. The van der Waals surface area contributed by atoms with Crippen molar-refractivity contribution in [3.05, 3.63) is 78.5 Å². The van der Waals surface area contributed by atoms with Crippen LogP contribution in [0.25, 0.3) is 16.6 Å². The molecular weight excluding hydrogens is 380 g/mol. The number of nitrogens with zero attached hydrogens (tertiary/aromatic N) is 4. The van der Waals surface area contributed by atoms with Gasteiger partial charge in [-0.3, -0.25) is 4.79 Å². The summed E-state index contributed by atoms with van der Waals surface area (Å²) in [6.07, 6.45) is 5.29. The number of nitrogens with one attached hydrogen (secondary N) is 2. The highest BCUT2D eigenvalue weighted by Crippen LogP contribution is 2.20. The van der Waals surface area contributed by atoms with Crippen LogP contribution in [0.4, 0.5) is 5.69 Å². The molecule has 0 aliphatic heterocycles. The normalized spacial score (nSPS) is 11.4. The zero-order valence-electron chi connectivity index (χ0n) is 16.2. The lowest BCUT2D eigenvalue weighted by Crippen LogP contribution is -2.22. The first-order valence-electron chi connectivity index (χ1n) is 9.16. The number of imidazole rings is 1. The van der Waals surface area contributed by atoms with Crippen LogP contribution in [0, 0.1) is 0 Å². The highest BCUT2D eigenvalue weighted by atomic mass is 16.1. The number of anilines is 1. The van der Waals surface area contributed by atoms with Crippen LogP contribution in [0.15, 0.2) is 77.5 Å². The fourth-order valence-corrected chi connectivity index (χ4v) is 3.00. The van der Waals surface area contributed by atoms with E-state index in [9.17, 15) is 4.79 Å². The smallest absolute Gasteiger partial charge is 0.272 e. The van der Waals surface area contributed by atoms with Crippen molar-refractivity contribution in [2.75, 3.05) is 5.32 Å². The Labute approximate surface area is 172 Å². The molecule has 6 N–H and O–H groups in total. The van der Waals surface area contributed by atoms with E-state index in [1.807, 2.05) is 53.2 Å². The first kappa shape index (κ1) is 18.9. The van der Waals surface area contributed by atoms with E-state index in [0.717, 1.165) is 22.2 Å². The Kier molecular flexibility index (Phi) is 5.00. The highest BCUT2D eigenvalue weighted by molar-refractivity contribution is 6.07. The lowest BCUT2D eigenvalue weighted by atomic mass is 10.1. The van der Waals surface area contributed by atoms with Crippen LogP contribution in [0.3, 0.4) is 0 Å². The molecule has 2 aromatic heterocycles. The van der Waals surface area contributed by atoms with Crippen molar-refractivity contribution in [3.63, 3.8) is 0 Å². The second kappa shape index (κ2) is 7.92. The molecule has 9 nitrogen and oxygen atoms in total. The number of aromatic nitrogens is 3. The number of aromatic amines is 1. The van der Waals surface area contributed by atoms with Crippen LogP contribution >= 0.6 is 0 Å². The van der Waals surface area contributed by atoms with Crippen molar-refractivity contribution in [2.45, 2.75) is 6.92 Å². The minimum absolute atomic E-state index is 0.103. The van der Waals surface area contributed by atoms with Crippen LogP contribution in [0.2, 0.25) is 0 Å². The summed E-state index contributed by atoms with van der Waals surface area (Å²) >= 11 is 0. The van der Waals surface area contributed by atoms with E-state index in [4.69, 9.17) is 11.5 Å². The monoisotopic (exact) mass is 400 g/mol. The van der Waals surface area contributed by atoms with Gasteiger partial charge in [-0.2, -0.15) is 5.10 Å². The van der Waals surface area contributed by atoms with Crippen LogP contribution in [-0.4, -0.2) is 32.1 Å². The Hall–Kier alpha value is -4.40. The number of fused-ring (bicyclic) bond motifs is 1. The van der Waals surface area contributed by atoms with Crippen molar-refractivity contribution in [1.82, 2.24) is 14.5 Å². The molecule has 0 fully saturated rings. The lowest BCUT2D eigenvalue weighted by molar-refractivity contribution is 0.102. The molecule has 0 saturated heterocycles. The van der Waals surface area contributed by atoms with Crippen molar-refractivity contribution in [2.24, 2.45) is 21.7 Å². The quantitative estimate of drug-likeness (QED) is 0.232.